The van der Waals surface area contributed by atoms with Crippen molar-refractivity contribution in [3.8, 4) is 5.75 Å². The highest BCUT2D eigenvalue weighted by atomic mass is 16.5. The molecule has 0 radical (unpaired) electrons. The van der Waals surface area contributed by atoms with E-state index in [-0.39, 0.29) is 5.91 Å². The van der Waals surface area contributed by atoms with E-state index in [0.29, 0.717) is 12.2 Å². The van der Waals surface area contributed by atoms with E-state index in [4.69, 9.17) is 4.74 Å². The number of nitrogens with zero attached hydrogens (tertiary/aromatic N) is 2. The van der Waals surface area contributed by atoms with Gasteiger partial charge in [0, 0.05) is 18.4 Å². The molecule has 0 saturated carbocycles. The number of amides is 1. The summed E-state index contributed by atoms with van der Waals surface area (Å²) < 4.78 is 6.71. The number of hydrogen-bond donors (Lipinski definition) is 1. The number of ether oxygens (including phenoxy) is 1. The molecular weight excluding hydrogens is 230 g/mol. The second-order valence-electron chi connectivity index (χ2n) is 3.71. The number of anilines is 1. The van der Waals surface area contributed by atoms with Gasteiger partial charge in [-0.15, -0.1) is 0 Å². The van der Waals surface area contributed by atoms with E-state index in [2.05, 4.69) is 10.4 Å². The third kappa shape index (κ3) is 2.51. The van der Waals surface area contributed by atoms with Gasteiger partial charge in [0.25, 0.3) is 5.91 Å². The second-order valence-corrected chi connectivity index (χ2v) is 3.71. The summed E-state index contributed by atoms with van der Waals surface area (Å²) in [5, 5.41) is 6.88. The SMILES string of the molecule is CCn1nccc1C(=O)Nc1ccc(OC)cc1. The molecule has 2 aromatic rings. The van der Waals surface area contributed by atoms with Gasteiger partial charge in [-0.05, 0) is 37.3 Å². The summed E-state index contributed by atoms with van der Waals surface area (Å²) in [5.41, 5.74) is 1.28. The van der Waals surface area contributed by atoms with Crippen LogP contribution in [0.3, 0.4) is 0 Å². The molecule has 0 spiro atoms. The molecule has 0 aliphatic rings. The van der Waals surface area contributed by atoms with E-state index < -0.39 is 0 Å². The van der Waals surface area contributed by atoms with Crippen LogP contribution in [0.1, 0.15) is 17.4 Å². The maximum atomic E-state index is 12.0. The molecule has 0 saturated heterocycles. The zero-order chi connectivity index (χ0) is 13.0. The van der Waals surface area contributed by atoms with Gasteiger partial charge in [-0.1, -0.05) is 0 Å². The maximum Gasteiger partial charge on any atom is 0.273 e. The highest BCUT2D eigenvalue weighted by Crippen LogP contribution is 2.15. The first kappa shape index (κ1) is 12.2. The van der Waals surface area contributed by atoms with Crippen molar-refractivity contribution in [2.24, 2.45) is 0 Å². The highest BCUT2D eigenvalue weighted by Gasteiger charge is 2.10. The normalized spacial score (nSPS) is 10.1. The lowest BCUT2D eigenvalue weighted by Gasteiger charge is -2.07. The summed E-state index contributed by atoms with van der Waals surface area (Å²) in [6.45, 7) is 2.61. The molecule has 1 amide bonds. The van der Waals surface area contributed by atoms with Gasteiger partial charge in [0.05, 0.1) is 7.11 Å². The Kier molecular flexibility index (Phi) is 3.62. The molecule has 0 aliphatic heterocycles. The Hall–Kier alpha value is -2.30. The molecule has 0 fully saturated rings. The lowest BCUT2D eigenvalue weighted by Crippen LogP contribution is -2.17. The van der Waals surface area contributed by atoms with Gasteiger partial charge in [-0.2, -0.15) is 5.10 Å². The first-order valence-electron chi connectivity index (χ1n) is 5.72. The van der Waals surface area contributed by atoms with E-state index in [1.807, 2.05) is 6.92 Å². The predicted octanol–water partition coefficient (Wildman–Crippen LogP) is 2.16. The van der Waals surface area contributed by atoms with E-state index in [9.17, 15) is 4.79 Å². The van der Waals surface area contributed by atoms with Crippen LogP contribution in [0.15, 0.2) is 36.5 Å². The molecule has 18 heavy (non-hydrogen) atoms. The van der Waals surface area contributed by atoms with Crippen LogP contribution < -0.4 is 10.1 Å². The molecule has 94 valence electrons. The van der Waals surface area contributed by atoms with Crippen molar-refractivity contribution in [3.05, 3.63) is 42.2 Å². The Morgan fingerprint density at radius 2 is 2.06 bits per heavy atom. The molecule has 0 atom stereocenters. The summed E-state index contributed by atoms with van der Waals surface area (Å²) in [7, 11) is 1.60. The minimum Gasteiger partial charge on any atom is -0.497 e. The van der Waals surface area contributed by atoms with Gasteiger partial charge < -0.3 is 10.1 Å². The minimum absolute atomic E-state index is 0.167. The second kappa shape index (κ2) is 5.35. The molecule has 0 aliphatic carbocycles. The van der Waals surface area contributed by atoms with E-state index >= 15 is 0 Å². The van der Waals surface area contributed by atoms with Crippen LogP contribution in [0, 0.1) is 0 Å². The third-order valence-corrected chi connectivity index (χ3v) is 2.60. The number of aryl methyl sites for hydroxylation is 1. The molecule has 2 rings (SSSR count). The molecule has 1 heterocycles. The fourth-order valence-electron chi connectivity index (χ4n) is 1.65. The van der Waals surface area contributed by atoms with Crippen LogP contribution in [0.25, 0.3) is 0 Å². The zero-order valence-electron chi connectivity index (χ0n) is 10.4. The Bertz CT molecular complexity index is 531. The first-order chi connectivity index (χ1) is 8.74. The lowest BCUT2D eigenvalue weighted by molar-refractivity contribution is 0.101. The molecular formula is C13H15N3O2. The Balaban J connectivity index is 2.11. The largest absolute Gasteiger partial charge is 0.497 e. The van der Waals surface area contributed by atoms with Crippen LogP contribution in [-0.4, -0.2) is 22.8 Å². The number of hydrogen-bond acceptors (Lipinski definition) is 3. The van der Waals surface area contributed by atoms with Crippen LogP contribution >= 0.6 is 0 Å². The first-order valence-corrected chi connectivity index (χ1v) is 5.72. The summed E-state index contributed by atoms with van der Waals surface area (Å²) in [4.78, 5) is 12.0. The third-order valence-electron chi connectivity index (χ3n) is 2.60. The van der Waals surface area contributed by atoms with Crippen molar-refractivity contribution in [2.75, 3.05) is 12.4 Å². The minimum atomic E-state index is -0.167. The van der Waals surface area contributed by atoms with Crippen molar-refractivity contribution in [1.82, 2.24) is 9.78 Å². The number of aromatic nitrogens is 2. The molecule has 0 bridgehead atoms. The molecule has 0 unspecified atom stereocenters. The molecule has 1 aromatic carbocycles. The quantitative estimate of drug-likeness (QED) is 0.898. The summed E-state index contributed by atoms with van der Waals surface area (Å²) in [5.74, 6) is 0.589. The van der Waals surface area contributed by atoms with Crippen LogP contribution in [0.2, 0.25) is 0 Å². The van der Waals surface area contributed by atoms with Gasteiger partial charge in [-0.3, -0.25) is 9.48 Å². The van der Waals surface area contributed by atoms with Crippen molar-refractivity contribution >= 4 is 11.6 Å². The van der Waals surface area contributed by atoms with Gasteiger partial charge in [0.2, 0.25) is 0 Å². The van der Waals surface area contributed by atoms with Crippen molar-refractivity contribution in [3.63, 3.8) is 0 Å². The zero-order valence-corrected chi connectivity index (χ0v) is 10.4. The number of rotatable bonds is 4. The monoisotopic (exact) mass is 245 g/mol. The Morgan fingerprint density at radius 1 is 1.33 bits per heavy atom. The summed E-state index contributed by atoms with van der Waals surface area (Å²) in [6, 6.07) is 8.88. The Morgan fingerprint density at radius 3 is 2.67 bits per heavy atom. The number of methoxy groups -OCH3 is 1. The fraction of sp³-hybridized carbons (Fsp3) is 0.231. The van der Waals surface area contributed by atoms with Crippen molar-refractivity contribution < 1.29 is 9.53 Å². The number of carbonyl (C=O) groups excluding carboxylic acids is 1. The summed E-state index contributed by atoms with van der Waals surface area (Å²) >= 11 is 0. The summed E-state index contributed by atoms with van der Waals surface area (Å²) in [6.07, 6.45) is 1.62. The van der Waals surface area contributed by atoms with Crippen molar-refractivity contribution in [2.45, 2.75) is 13.5 Å². The van der Waals surface area contributed by atoms with E-state index in [0.717, 1.165) is 11.4 Å². The number of nitrogens with one attached hydrogen (secondary N) is 1. The van der Waals surface area contributed by atoms with Crippen LogP contribution in [0.5, 0.6) is 5.75 Å². The molecule has 5 heteroatoms. The molecule has 5 nitrogen and oxygen atoms in total. The lowest BCUT2D eigenvalue weighted by atomic mass is 10.3. The molecule has 1 N–H and O–H groups in total. The van der Waals surface area contributed by atoms with Gasteiger partial charge >= 0.3 is 0 Å². The van der Waals surface area contributed by atoms with Gasteiger partial charge in [0.15, 0.2) is 0 Å². The standard InChI is InChI=1S/C13H15N3O2/c1-3-16-12(8-9-14-16)13(17)15-10-4-6-11(18-2)7-5-10/h4-9H,3H2,1-2H3,(H,15,17). The smallest absolute Gasteiger partial charge is 0.273 e. The topological polar surface area (TPSA) is 56.2 Å². The van der Waals surface area contributed by atoms with Crippen LogP contribution in [-0.2, 0) is 6.54 Å². The molecule has 1 aromatic heterocycles. The maximum absolute atomic E-state index is 12.0. The fourth-order valence-corrected chi connectivity index (χ4v) is 1.65. The average molecular weight is 245 g/mol. The average Bonchev–Trinajstić information content (AvgIpc) is 2.88. The van der Waals surface area contributed by atoms with Crippen molar-refractivity contribution in [1.29, 1.82) is 0 Å². The number of carbonyl (C=O) groups is 1. The highest BCUT2D eigenvalue weighted by molar-refractivity contribution is 6.03. The van der Waals surface area contributed by atoms with Crippen LogP contribution in [0.4, 0.5) is 5.69 Å². The Labute approximate surface area is 105 Å². The predicted molar refractivity (Wildman–Crippen MR) is 68.8 cm³/mol. The number of benzene rings is 1. The van der Waals surface area contributed by atoms with Gasteiger partial charge in [-0.25, -0.2) is 0 Å². The van der Waals surface area contributed by atoms with Gasteiger partial charge in [0.1, 0.15) is 11.4 Å². The van der Waals surface area contributed by atoms with E-state index in [1.165, 1.54) is 0 Å². The van der Waals surface area contributed by atoms with E-state index in [1.54, 1.807) is 48.3 Å².